The highest BCUT2D eigenvalue weighted by molar-refractivity contribution is 9.10. The number of rotatable bonds is 5. The maximum atomic E-state index is 5.45. The van der Waals surface area contributed by atoms with E-state index in [0.29, 0.717) is 5.78 Å². The third kappa shape index (κ3) is 3.64. The largest absolute Gasteiger partial charge is 0.493 e. The smallest absolute Gasteiger partial charge is 0.254 e. The van der Waals surface area contributed by atoms with Crippen LogP contribution in [0.3, 0.4) is 0 Å². The number of benzene rings is 1. The van der Waals surface area contributed by atoms with Crippen LogP contribution in [0.5, 0.6) is 11.5 Å². The van der Waals surface area contributed by atoms with E-state index >= 15 is 0 Å². The second-order valence-corrected chi connectivity index (χ2v) is 7.64. The molecule has 148 valence electrons. The number of aryl methyl sites for hydroxylation is 1. The van der Waals surface area contributed by atoms with Gasteiger partial charge in [0.2, 0.25) is 0 Å². The fourth-order valence-corrected chi connectivity index (χ4v) is 3.98. The van der Waals surface area contributed by atoms with Crippen molar-refractivity contribution in [3.63, 3.8) is 0 Å². The van der Waals surface area contributed by atoms with Crippen molar-refractivity contribution in [2.45, 2.75) is 13.5 Å². The first-order valence-electron chi connectivity index (χ1n) is 9.14. The van der Waals surface area contributed by atoms with Gasteiger partial charge in [-0.2, -0.15) is 14.6 Å². The van der Waals surface area contributed by atoms with Crippen molar-refractivity contribution in [1.29, 1.82) is 0 Å². The summed E-state index contributed by atoms with van der Waals surface area (Å²) in [6.07, 6.45) is 1.55. The lowest BCUT2D eigenvalue weighted by molar-refractivity contribution is 0.248. The standard InChI is InChI=1S/C19H23BrN6O2/c1-13-8-18(26-19(23-13)21-12-22-26)25-6-4-24(5-7-25)11-14-9-16(27-2)17(28-3)10-15(14)20/h8-10,12H,4-7,11H2,1-3H3. The van der Waals surface area contributed by atoms with Crippen molar-refractivity contribution < 1.29 is 9.47 Å². The van der Waals surface area contributed by atoms with Crippen LogP contribution in [0.2, 0.25) is 0 Å². The lowest BCUT2D eigenvalue weighted by Crippen LogP contribution is -2.46. The van der Waals surface area contributed by atoms with Crippen molar-refractivity contribution in [2.24, 2.45) is 0 Å². The zero-order valence-corrected chi connectivity index (χ0v) is 17.8. The molecular weight excluding hydrogens is 424 g/mol. The van der Waals surface area contributed by atoms with E-state index in [4.69, 9.17) is 9.47 Å². The third-order valence-corrected chi connectivity index (χ3v) is 5.74. The molecule has 0 saturated carbocycles. The lowest BCUT2D eigenvalue weighted by Gasteiger charge is -2.36. The average molecular weight is 447 g/mol. The number of hydrogen-bond acceptors (Lipinski definition) is 7. The molecule has 4 rings (SSSR count). The predicted octanol–water partition coefficient (Wildman–Crippen LogP) is 2.53. The average Bonchev–Trinajstić information content (AvgIpc) is 3.17. The minimum absolute atomic E-state index is 0.645. The van der Waals surface area contributed by atoms with Gasteiger partial charge in [-0.05, 0) is 24.6 Å². The zero-order valence-electron chi connectivity index (χ0n) is 16.2. The predicted molar refractivity (Wildman–Crippen MR) is 110 cm³/mol. The summed E-state index contributed by atoms with van der Waals surface area (Å²) in [6, 6.07) is 6.08. The highest BCUT2D eigenvalue weighted by Crippen LogP contribution is 2.34. The second-order valence-electron chi connectivity index (χ2n) is 6.79. The quantitative estimate of drug-likeness (QED) is 0.596. The molecule has 0 amide bonds. The van der Waals surface area contributed by atoms with Crippen LogP contribution >= 0.6 is 15.9 Å². The molecule has 0 N–H and O–H groups in total. The maximum Gasteiger partial charge on any atom is 0.254 e. The fraction of sp³-hybridized carbons (Fsp3) is 0.421. The number of anilines is 1. The van der Waals surface area contributed by atoms with Crippen molar-refractivity contribution in [3.8, 4) is 11.5 Å². The van der Waals surface area contributed by atoms with Crippen molar-refractivity contribution in [3.05, 3.63) is 40.3 Å². The van der Waals surface area contributed by atoms with Crippen LogP contribution in [-0.2, 0) is 6.54 Å². The Kier molecular flexibility index (Phi) is 5.36. The van der Waals surface area contributed by atoms with Crippen LogP contribution in [0.25, 0.3) is 5.78 Å². The summed E-state index contributed by atoms with van der Waals surface area (Å²) in [6.45, 7) is 6.59. The Labute approximate surface area is 172 Å². The number of aromatic nitrogens is 4. The van der Waals surface area contributed by atoms with Gasteiger partial charge in [-0.25, -0.2) is 4.98 Å². The van der Waals surface area contributed by atoms with E-state index in [1.165, 1.54) is 5.56 Å². The van der Waals surface area contributed by atoms with Crippen LogP contribution in [0.4, 0.5) is 5.82 Å². The van der Waals surface area contributed by atoms with Crippen molar-refractivity contribution in [2.75, 3.05) is 45.3 Å². The van der Waals surface area contributed by atoms with E-state index in [9.17, 15) is 0 Å². The van der Waals surface area contributed by atoms with Crippen LogP contribution in [0.15, 0.2) is 29.0 Å². The molecule has 0 bridgehead atoms. The molecule has 2 aromatic heterocycles. The molecule has 0 unspecified atom stereocenters. The van der Waals surface area contributed by atoms with Gasteiger partial charge in [0.25, 0.3) is 5.78 Å². The summed E-state index contributed by atoms with van der Waals surface area (Å²) in [5, 5.41) is 4.32. The fourth-order valence-electron chi connectivity index (χ4n) is 3.53. The molecule has 1 aliphatic heterocycles. The molecular formula is C19H23BrN6O2. The molecule has 0 atom stereocenters. The molecule has 8 nitrogen and oxygen atoms in total. The summed E-state index contributed by atoms with van der Waals surface area (Å²) in [5.41, 5.74) is 2.14. The van der Waals surface area contributed by atoms with E-state index in [-0.39, 0.29) is 0 Å². The molecule has 1 aliphatic rings. The third-order valence-electron chi connectivity index (χ3n) is 5.00. The van der Waals surface area contributed by atoms with Crippen LogP contribution in [0.1, 0.15) is 11.3 Å². The Morgan fingerprint density at radius 1 is 1.04 bits per heavy atom. The minimum Gasteiger partial charge on any atom is -0.493 e. The van der Waals surface area contributed by atoms with Crippen LogP contribution in [0, 0.1) is 6.92 Å². The topological polar surface area (TPSA) is 68.0 Å². The number of nitrogens with zero attached hydrogens (tertiary/aromatic N) is 6. The second kappa shape index (κ2) is 7.92. The first kappa shape index (κ1) is 18.9. The van der Waals surface area contributed by atoms with Gasteiger partial charge >= 0.3 is 0 Å². The normalized spacial score (nSPS) is 15.2. The molecule has 28 heavy (non-hydrogen) atoms. The number of piperazine rings is 1. The Bertz CT molecular complexity index is 984. The lowest BCUT2D eigenvalue weighted by atomic mass is 10.1. The SMILES string of the molecule is COc1cc(Br)c(CN2CCN(c3cc(C)nc4ncnn34)CC2)cc1OC. The summed E-state index contributed by atoms with van der Waals surface area (Å²) in [7, 11) is 3.31. The first-order valence-corrected chi connectivity index (χ1v) is 9.93. The molecule has 3 aromatic rings. The van der Waals surface area contributed by atoms with E-state index in [2.05, 4.69) is 46.9 Å². The number of hydrogen-bond donors (Lipinski definition) is 0. The molecule has 0 aliphatic carbocycles. The van der Waals surface area contributed by atoms with E-state index in [1.54, 1.807) is 20.5 Å². The molecule has 9 heteroatoms. The summed E-state index contributed by atoms with van der Waals surface area (Å²) < 4.78 is 13.7. The van der Waals surface area contributed by atoms with E-state index in [0.717, 1.165) is 60.2 Å². The van der Waals surface area contributed by atoms with E-state index < -0.39 is 0 Å². The van der Waals surface area contributed by atoms with Crippen LogP contribution < -0.4 is 14.4 Å². The van der Waals surface area contributed by atoms with Gasteiger partial charge in [0.15, 0.2) is 11.5 Å². The number of ether oxygens (including phenoxy) is 2. The number of halogens is 1. The van der Waals surface area contributed by atoms with Gasteiger partial charge in [-0.3, -0.25) is 4.90 Å². The summed E-state index contributed by atoms with van der Waals surface area (Å²) in [4.78, 5) is 13.4. The van der Waals surface area contributed by atoms with Gasteiger partial charge < -0.3 is 14.4 Å². The zero-order chi connectivity index (χ0) is 19.7. The molecule has 1 fully saturated rings. The van der Waals surface area contributed by atoms with Gasteiger partial charge in [0, 0.05) is 49.0 Å². The van der Waals surface area contributed by atoms with E-state index in [1.807, 2.05) is 23.6 Å². The first-order chi connectivity index (χ1) is 13.6. The summed E-state index contributed by atoms with van der Waals surface area (Å²) >= 11 is 3.66. The Morgan fingerprint density at radius 2 is 1.75 bits per heavy atom. The molecule has 3 heterocycles. The molecule has 0 radical (unpaired) electrons. The highest BCUT2D eigenvalue weighted by Gasteiger charge is 2.21. The van der Waals surface area contributed by atoms with Crippen molar-refractivity contribution in [1.82, 2.24) is 24.5 Å². The molecule has 0 spiro atoms. The Hall–Kier alpha value is -2.39. The van der Waals surface area contributed by atoms with Gasteiger partial charge in [-0.15, -0.1) is 0 Å². The monoisotopic (exact) mass is 446 g/mol. The molecule has 1 saturated heterocycles. The number of methoxy groups -OCH3 is 2. The van der Waals surface area contributed by atoms with Crippen LogP contribution in [-0.4, -0.2) is 64.9 Å². The minimum atomic E-state index is 0.645. The summed E-state index contributed by atoms with van der Waals surface area (Å²) in [5.74, 6) is 3.17. The molecule has 1 aromatic carbocycles. The van der Waals surface area contributed by atoms with Gasteiger partial charge in [0.05, 0.1) is 14.2 Å². The highest BCUT2D eigenvalue weighted by atomic mass is 79.9. The Morgan fingerprint density at radius 3 is 2.46 bits per heavy atom. The number of fused-ring (bicyclic) bond motifs is 1. The maximum absolute atomic E-state index is 5.45. The van der Waals surface area contributed by atoms with Gasteiger partial charge in [0.1, 0.15) is 12.1 Å². The Balaban J connectivity index is 1.47. The van der Waals surface area contributed by atoms with Crippen molar-refractivity contribution >= 4 is 27.5 Å². The van der Waals surface area contributed by atoms with Gasteiger partial charge in [-0.1, -0.05) is 15.9 Å².